The van der Waals surface area contributed by atoms with Crippen LogP contribution in [0.1, 0.15) is 32.8 Å². The second kappa shape index (κ2) is 7.93. The van der Waals surface area contributed by atoms with Crippen molar-refractivity contribution >= 4 is 45.2 Å². The largest absolute Gasteiger partial charge is 0.493 e. The Balaban J connectivity index is 2.29. The molecule has 4 nitrogen and oxygen atoms in total. The van der Waals surface area contributed by atoms with Crippen LogP contribution < -0.4 is 10.1 Å². The van der Waals surface area contributed by atoms with E-state index in [1.165, 1.54) is 0 Å². The zero-order chi connectivity index (χ0) is 17.0. The van der Waals surface area contributed by atoms with E-state index in [1.54, 1.807) is 11.0 Å². The number of hydrogen-bond donors (Lipinski definition) is 1. The van der Waals surface area contributed by atoms with Gasteiger partial charge in [0.25, 0.3) is 5.91 Å². The van der Waals surface area contributed by atoms with Crippen LogP contribution in [0.4, 0.5) is 0 Å². The highest BCUT2D eigenvalue weighted by Gasteiger charge is 2.31. The first-order chi connectivity index (χ1) is 10.9. The van der Waals surface area contributed by atoms with Gasteiger partial charge in [0.1, 0.15) is 11.4 Å². The number of ether oxygens (including phenoxy) is 1. The van der Waals surface area contributed by atoms with Crippen LogP contribution in [-0.4, -0.2) is 29.1 Å². The highest BCUT2D eigenvalue weighted by atomic mass is 79.9. The van der Waals surface area contributed by atoms with Crippen molar-refractivity contribution < 1.29 is 9.53 Å². The maximum atomic E-state index is 12.5. The lowest BCUT2D eigenvalue weighted by molar-refractivity contribution is -0.122. The van der Waals surface area contributed by atoms with Gasteiger partial charge in [0, 0.05) is 16.6 Å². The molecule has 6 heteroatoms. The lowest BCUT2D eigenvalue weighted by Gasteiger charge is -2.16. The van der Waals surface area contributed by atoms with Crippen LogP contribution in [0.25, 0.3) is 6.08 Å². The topological polar surface area (TPSA) is 41.6 Å². The average molecular weight is 397 g/mol. The summed E-state index contributed by atoms with van der Waals surface area (Å²) in [7, 11) is 0. The quantitative estimate of drug-likeness (QED) is 0.583. The molecule has 0 unspecified atom stereocenters. The molecule has 1 amide bonds. The minimum atomic E-state index is -0.0925. The molecule has 0 aromatic heterocycles. The zero-order valence-corrected chi connectivity index (χ0v) is 16.0. The van der Waals surface area contributed by atoms with Gasteiger partial charge in [-0.3, -0.25) is 9.69 Å². The lowest BCUT2D eigenvalue weighted by atomic mass is 10.1. The van der Waals surface area contributed by atoms with Crippen molar-refractivity contribution in [2.45, 2.75) is 27.2 Å². The van der Waals surface area contributed by atoms with Gasteiger partial charge in [-0.25, -0.2) is 0 Å². The van der Waals surface area contributed by atoms with Crippen LogP contribution in [0.5, 0.6) is 5.75 Å². The molecule has 1 fully saturated rings. The van der Waals surface area contributed by atoms with E-state index in [-0.39, 0.29) is 5.91 Å². The van der Waals surface area contributed by atoms with E-state index in [9.17, 15) is 4.79 Å². The third kappa shape index (κ3) is 4.54. The highest BCUT2D eigenvalue weighted by Crippen LogP contribution is 2.27. The molecule has 0 radical (unpaired) electrons. The van der Waals surface area contributed by atoms with Crippen molar-refractivity contribution in [1.82, 2.24) is 10.2 Å². The summed E-state index contributed by atoms with van der Waals surface area (Å²) in [4.78, 5) is 14.1. The molecule has 23 heavy (non-hydrogen) atoms. The Hall–Kier alpha value is -1.40. The summed E-state index contributed by atoms with van der Waals surface area (Å²) < 4.78 is 6.68. The molecule has 0 atom stereocenters. The van der Waals surface area contributed by atoms with E-state index in [0.717, 1.165) is 22.2 Å². The number of benzene rings is 1. The first-order valence-electron chi connectivity index (χ1n) is 7.69. The van der Waals surface area contributed by atoms with Crippen molar-refractivity contribution in [3.8, 4) is 5.75 Å². The van der Waals surface area contributed by atoms with Gasteiger partial charge in [-0.05, 0) is 48.8 Å². The maximum absolute atomic E-state index is 12.5. The molecule has 0 bridgehead atoms. The number of carbonyl (C=O) groups is 1. The van der Waals surface area contributed by atoms with Gasteiger partial charge >= 0.3 is 0 Å². The Morgan fingerprint density at radius 2 is 2.17 bits per heavy atom. The van der Waals surface area contributed by atoms with Crippen molar-refractivity contribution in [3.05, 3.63) is 33.9 Å². The van der Waals surface area contributed by atoms with E-state index < -0.39 is 0 Å². The monoisotopic (exact) mass is 396 g/mol. The van der Waals surface area contributed by atoms with E-state index in [2.05, 4.69) is 42.0 Å². The summed E-state index contributed by atoms with van der Waals surface area (Å²) in [5, 5.41) is 3.47. The first kappa shape index (κ1) is 17.9. The standard InChI is InChI=1S/C17H21BrN2O2S/c1-4-7-22-15-6-5-13(18)8-12(15)9-14-16(21)20(10-11(2)3)17(23)19-14/h5-6,8-9,11H,4,7,10H2,1-3H3,(H,19,23)/b14-9+. The molecule has 1 aromatic rings. The summed E-state index contributed by atoms with van der Waals surface area (Å²) in [6, 6.07) is 5.75. The SMILES string of the molecule is CCCOc1ccc(Br)cc1/C=C1/NC(=S)N(CC(C)C)C1=O. The van der Waals surface area contributed by atoms with E-state index in [4.69, 9.17) is 17.0 Å². The summed E-state index contributed by atoms with van der Waals surface area (Å²) in [6.07, 6.45) is 2.72. The van der Waals surface area contributed by atoms with E-state index in [0.29, 0.717) is 29.9 Å². The van der Waals surface area contributed by atoms with Crippen LogP contribution in [0.15, 0.2) is 28.4 Å². The molecule has 1 heterocycles. The Morgan fingerprint density at radius 1 is 1.43 bits per heavy atom. The normalized spacial score (nSPS) is 16.4. The van der Waals surface area contributed by atoms with Gasteiger partial charge in [-0.2, -0.15) is 0 Å². The Labute approximate surface area is 151 Å². The first-order valence-corrected chi connectivity index (χ1v) is 8.89. The summed E-state index contributed by atoms with van der Waals surface area (Å²) in [5.41, 5.74) is 1.33. The average Bonchev–Trinajstić information content (AvgIpc) is 2.74. The molecule has 124 valence electrons. The zero-order valence-electron chi connectivity index (χ0n) is 13.6. The van der Waals surface area contributed by atoms with Crippen molar-refractivity contribution in [1.29, 1.82) is 0 Å². The second-order valence-corrected chi connectivity index (χ2v) is 7.13. The molecular weight excluding hydrogens is 376 g/mol. The Kier molecular flexibility index (Phi) is 6.18. The number of hydrogen-bond acceptors (Lipinski definition) is 3. The van der Waals surface area contributed by atoms with Gasteiger partial charge in [0.05, 0.1) is 6.61 Å². The Bertz CT molecular complexity index is 643. The summed E-state index contributed by atoms with van der Waals surface area (Å²) >= 11 is 8.73. The molecule has 2 rings (SSSR count). The molecule has 1 aromatic carbocycles. The molecule has 1 aliphatic heterocycles. The summed E-state index contributed by atoms with van der Waals surface area (Å²) in [5.74, 6) is 1.02. The van der Waals surface area contributed by atoms with Gasteiger partial charge in [0.2, 0.25) is 0 Å². The number of amides is 1. The molecular formula is C17H21BrN2O2S. The number of halogens is 1. The number of carbonyl (C=O) groups excluding carboxylic acids is 1. The highest BCUT2D eigenvalue weighted by molar-refractivity contribution is 9.10. The fraction of sp³-hybridized carbons (Fsp3) is 0.412. The minimum absolute atomic E-state index is 0.0925. The fourth-order valence-electron chi connectivity index (χ4n) is 2.23. The van der Waals surface area contributed by atoms with E-state index >= 15 is 0 Å². The number of nitrogens with one attached hydrogen (secondary N) is 1. The Morgan fingerprint density at radius 3 is 2.83 bits per heavy atom. The predicted molar refractivity (Wildman–Crippen MR) is 100 cm³/mol. The molecule has 0 aliphatic carbocycles. The third-order valence-electron chi connectivity index (χ3n) is 3.24. The van der Waals surface area contributed by atoms with Crippen molar-refractivity contribution in [2.75, 3.05) is 13.2 Å². The summed E-state index contributed by atoms with van der Waals surface area (Å²) in [6.45, 7) is 7.42. The number of nitrogens with zero attached hydrogens (tertiary/aromatic N) is 1. The van der Waals surface area contributed by atoms with Crippen LogP contribution in [0.2, 0.25) is 0 Å². The maximum Gasteiger partial charge on any atom is 0.276 e. The molecule has 1 saturated heterocycles. The number of thiocarbonyl (C=S) groups is 1. The molecule has 1 aliphatic rings. The second-order valence-electron chi connectivity index (χ2n) is 5.83. The minimum Gasteiger partial charge on any atom is -0.493 e. The fourth-order valence-corrected chi connectivity index (χ4v) is 2.88. The molecule has 1 N–H and O–H groups in total. The molecule has 0 saturated carbocycles. The van der Waals surface area contributed by atoms with Gasteiger partial charge < -0.3 is 10.1 Å². The van der Waals surface area contributed by atoms with E-state index in [1.807, 2.05) is 18.2 Å². The molecule has 0 spiro atoms. The smallest absolute Gasteiger partial charge is 0.276 e. The van der Waals surface area contributed by atoms with Gasteiger partial charge in [-0.1, -0.05) is 36.7 Å². The van der Waals surface area contributed by atoms with Crippen LogP contribution in [-0.2, 0) is 4.79 Å². The van der Waals surface area contributed by atoms with Crippen molar-refractivity contribution in [2.24, 2.45) is 5.92 Å². The number of rotatable bonds is 6. The van der Waals surface area contributed by atoms with Gasteiger partial charge in [-0.15, -0.1) is 0 Å². The van der Waals surface area contributed by atoms with Gasteiger partial charge in [0.15, 0.2) is 5.11 Å². The predicted octanol–water partition coefficient (Wildman–Crippen LogP) is 3.95. The van der Waals surface area contributed by atoms with Crippen LogP contribution in [0, 0.1) is 5.92 Å². The lowest BCUT2D eigenvalue weighted by Crippen LogP contribution is -2.33. The van der Waals surface area contributed by atoms with Crippen LogP contribution in [0.3, 0.4) is 0 Å². The third-order valence-corrected chi connectivity index (χ3v) is 4.06. The van der Waals surface area contributed by atoms with Crippen LogP contribution >= 0.6 is 28.1 Å². The van der Waals surface area contributed by atoms with Crippen molar-refractivity contribution in [3.63, 3.8) is 0 Å².